The van der Waals surface area contributed by atoms with E-state index in [2.05, 4.69) is 32.0 Å². The summed E-state index contributed by atoms with van der Waals surface area (Å²) in [5.74, 6) is 0. The number of hydrogen-bond acceptors (Lipinski definition) is 1. The molecule has 3 saturated carbocycles. The monoisotopic (exact) mass is 187 g/mol. The Kier molecular flexibility index (Phi) is 1.35. The third kappa shape index (κ3) is 0.838. The summed E-state index contributed by atoms with van der Waals surface area (Å²) in [7, 11) is 0. The van der Waals surface area contributed by atoms with Crippen molar-refractivity contribution < 1.29 is 0 Å². The fourth-order valence-electron chi connectivity index (χ4n) is 3.48. The van der Waals surface area contributed by atoms with Crippen molar-refractivity contribution in [2.75, 3.05) is 0 Å². The molecule has 74 valence electrons. The second-order valence-corrected chi connectivity index (χ2v) is 5.42. The van der Waals surface area contributed by atoms with Crippen LogP contribution in [0.25, 0.3) is 0 Å². The van der Waals surface area contributed by atoms with E-state index in [0.717, 1.165) is 0 Å². The molecule has 0 aromatic heterocycles. The molecule has 3 fully saturated rings. The Morgan fingerprint density at radius 3 is 2.36 bits per heavy atom. The molecular formula is C13H17N. The first-order chi connectivity index (χ1) is 6.55. The summed E-state index contributed by atoms with van der Waals surface area (Å²) in [6, 6.07) is 6.67. The van der Waals surface area contributed by atoms with Crippen molar-refractivity contribution in [2.45, 2.75) is 44.1 Å². The highest BCUT2D eigenvalue weighted by Gasteiger charge is 2.66. The lowest BCUT2D eigenvalue weighted by atomic mass is 9.37. The van der Waals surface area contributed by atoms with Crippen molar-refractivity contribution in [1.82, 2.24) is 0 Å². The molecule has 1 aromatic rings. The van der Waals surface area contributed by atoms with Gasteiger partial charge in [-0.3, -0.25) is 0 Å². The molecule has 0 unspecified atom stereocenters. The molecule has 1 heteroatoms. The van der Waals surface area contributed by atoms with Gasteiger partial charge >= 0.3 is 0 Å². The standard InChI is InChI=1S/C13H17N/c1-9-4-3-5-11(10(9)2)12-6-13(14,7-12)8-12/h3-5H,6-8,14H2,1-2H3. The lowest BCUT2D eigenvalue weighted by Crippen LogP contribution is -2.74. The maximum atomic E-state index is 6.10. The van der Waals surface area contributed by atoms with Crippen molar-refractivity contribution >= 4 is 0 Å². The van der Waals surface area contributed by atoms with Crippen LogP contribution in [-0.2, 0) is 5.41 Å². The lowest BCUT2D eigenvalue weighted by Gasteiger charge is -2.69. The molecule has 14 heavy (non-hydrogen) atoms. The van der Waals surface area contributed by atoms with E-state index in [4.69, 9.17) is 5.73 Å². The summed E-state index contributed by atoms with van der Waals surface area (Å²) in [6.45, 7) is 4.44. The van der Waals surface area contributed by atoms with Crippen LogP contribution in [-0.4, -0.2) is 5.54 Å². The number of benzene rings is 1. The zero-order valence-corrected chi connectivity index (χ0v) is 8.93. The summed E-state index contributed by atoms with van der Waals surface area (Å²) in [4.78, 5) is 0. The van der Waals surface area contributed by atoms with Gasteiger partial charge in [-0.2, -0.15) is 0 Å². The second-order valence-electron chi connectivity index (χ2n) is 5.42. The highest BCUT2D eigenvalue weighted by molar-refractivity contribution is 5.47. The Labute approximate surface area is 85.3 Å². The first-order valence-corrected chi connectivity index (χ1v) is 5.40. The Balaban J connectivity index is 2.02. The number of rotatable bonds is 1. The number of hydrogen-bond donors (Lipinski definition) is 1. The molecule has 2 bridgehead atoms. The zero-order valence-electron chi connectivity index (χ0n) is 8.93. The maximum Gasteiger partial charge on any atom is 0.0179 e. The Morgan fingerprint density at radius 1 is 1.14 bits per heavy atom. The minimum absolute atomic E-state index is 0.218. The average molecular weight is 187 g/mol. The largest absolute Gasteiger partial charge is 0.325 e. The summed E-state index contributed by atoms with van der Waals surface area (Å²) < 4.78 is 0. The quantitative estimate of drug-likeness (QED) is 0.718. The van der Waals surface area contributed by atoms with Crippen molar-refractivity contribution in [3.05, 3.63) is 34.9 Å². The Morgan fingerprint density at radius 2 is 1.79 bits per heavy atom. The summed E-state index contributed by atoms with van der Waals surface area (Å²) in [5, 5.41) is 0. The number of nitrogens with two attached hydrogens (primary N) is 1. The normalized spacial score (nSPS) is 38.8. The molecule has 4 rings (SSSR count). The highest BCUT2D eigenvalue weighted by atomic mass is 14.9. The van der Waals surface area contributed by atoms with E-state index in [1.807, 2.05) is 0 Å². The Bertz CT molecular complexity index is 386. The van der Waals surface area contributed by atoms with Gasteiger partial charge in [0.1, 0.15) is 0 Å². The van der Waals surface area contributed by atoms with Gasteiger partial charge in [-0.1, -0.05) is 18.2 Å². The fraction of sp³-hybridized carbons (Fsp3) is 0.538. The van der Waals surface area contributed by atoms with E-state index in [-0.39, 0.29) is 5.54 Å². The van der Waals surface area contributed by atoms with Gasteiger partial charge in [0.15, 0.2) is 0 Å². The minimum atomic E-state index is 0.218. The fourth-order valence-corrected chi connectivity index (χ4v) is 3.48. The van der Waals surface area contributed by atoms with Gasteiger partial charge in [-0.05, 0) is 49.8 Å². The van der Waals surface area contributed by atoms with Crippen molar-refractivity contribution in [1.29, 1.82) is 0 Å². The van der Waals surface area contributed by atoms with Crippen LogP contribution in [0.1, 0.15) is 36.0 Å². The molecule has 0 spiro atoms. The van der Waals surface area contributed by atoms with E-state index in [0.29, 0.717) is 5.41 Å². The van der Waals surface area contributed by atoms with Gasteiger partial charge < -0.3 is 5.73 Å². The van der Waals surface area contributed by atoms with E-state index in [1.165, 1.54) is 30.4 Å². The Hall–Kier alpha value is -0.820. The highest BCUT2D eigenvalue weighted by Crippen LogP contribution is 2.66. The van der Waals surface area contributed by atoms with Crippen molar-refractivity contribution in [2.24, 2.45) is 5.73 Å². The smallest absolute Gasteiger partial charge is 0.0179 e. The first-order valence-electron chi connectivity index (χ1n) is 5.40. The lowest BCUT2D eigenvalue weighted by molar-refractivity contribution is -0.0594. The van der Waals surface area contributed by atoms with Crippen molar-refractivity contribution in [3.63, 3.8) is 0 Å². The van der Waals surface area contributed by atoms with Gasteiger partial charge in [-0.15, -0.1) is 0 Å². The van der Waals surface area contributed by atoms with Crippen LogP contribution in [0.5, 0.6) is 0 Å². The van der Waals surface area contributed by atoms with Crippen LogP contribution in [0, 0.1) is 13.8 Å². The van der Waals surface area contributed by atoms with Gasteiger partial charge in [0.2, 0.25) is 0 Å². The molecule has 3 aliphatic carbocycles. The third-order valence-electron chi connectivity index (χ3n) is 4.25. The molecule has 0 radical (unpaired) electrons. The zero-order chi connectivity index (χ0) is 9.97. The van der Waals surface area contributed by atoms with E-state index >= 15 is 0 Å². The van der Waals surface area contributed by atoms with Crippen LogP contribution in [0.2, 0.25) is 0 Å². The summed E-state index contributed by atoms with van der Waals surface area (Å²) in [6.07, 6.45) is 3.64. The van der Waals surface area contributed by atoms with Crippen LogP contribution < -0.4 is 5.73 Å². The van der Waals surface area contributed by atoms with Gasteiger partial charge in [0.05, 0.1) is 0 Å². The molecule has 0 amide bonds. The molecular weight excluding hydrogens is 170 g/mol. The van der Waals surface area contributed by atoms with Crippen molar-refractivity contribution in [3.8, 4) is 0 Å². The van der Waals surface area contributed by atoms with E-state index in [9.17, 15) is 0 Å². The summed E-state index contributed by atoms with van der Waals surface area (Å²) in [5.41, 5.74) is 11.2. The predicted molar refractivity (Wildman–Crippen MR) is 58.4 cm³/mol. The predicted octanol–water partition coefficient (Wildman–Crippen LogP) is 2.44. The average Bonchev–Trinajstić information content (AvgIpc) is 2.03. The maximum absolute atomic E-state index is 6.10. The molecule has 0 aliphatic heterocycles. The SMILES string of the molecule is Cc1cccc(C23CC(N)(C2)C3)c1C. The number of aryl methyl sites for hydroxylation is 1. The second kappa shape index (κ2) is 2.22. The van der Waals surface area contributed by atoms with E-state index in [1.54, 1.807) is 5.56 Å². The molecule has 0 heterocycles. The van der Waals surface area contributed by atoms with Gasteiger partial charge in [0.25, 0.3) is 0 Å². The molecule has 0 atom stereocenters. The third-order valence-corrected chi connectivity index (χ3v) is 4.25. The molecule has 2 N–H and O–H groups in total. The minimum Gasteiger partial charge on any atom is -0.325 e. The van der Waals surface area contributed by atoms with E-state index < -0.39 is 0 Å². The molecule has 0 saturated heterocycles. The topological polar surface area (TPSA) is 26.0 Å². The van der Waals surface area contributed by atoms with Gasteiger partial charge in [0, 0.05) is 11.0 Å². The molecule has 1 nitrogen and oxygen atoms in total. The van der Waals surface area contributed by atoms with Crippen LogP contribution in [0.15, 0.2) is 18.2 Å². The van der Waals surface area contributed by atoms with Crippen LogP contribution in [0.3, 0.4) is 0 Å². The van der Waals surface area contributed by atoms with Crippen LogP contribution in [0.4, 0.5) is 0 Å². The van der Waals surface area contributed by atoms with Crippen LogP contribution >= 0.6 is 0 Å². The first kappa shape index (κ1) is 8.49. The van der Waals surface area contributed by atoms with Gasteiger partial charge in [-0.25, -0.2) is 0 Å². The molecule has 1 aromatic carbocycles. The summed E-state index contributed by atoms with van der Waals surface area (Å²) >= 11 is 0. The molecule has 3 aliphatic rings.